The van der Waals surface area contributed by atoms with Crippen LogP contribution in [0.1, 0.15) is 51.3 Å². The third-order valence-corrected chi connectivity index (χ3v) is 3.08. The van der Waals surface area contributed by atoms with Gasteiger partial charge in [-0.25, -0.2) is 0 Å². The predicted octanol–water partition coefficient (Wildman–Crippen LogP) is 3.34. The third kappa shape index (κ3) is 3.04. The highest BCUT2D eigenvalue weighted by atomic mass is 16.4. The predicted molar refractivity (Wildman–Crippen MR) is 72.7 cm³/mol. The van der Waals surface area contributed by atoms with Crippen molar-refractivity contribution in [1.29, 1.82) is 0 Å². The molecular formula is C14H21N3O2. The maximum absolute atomic E-state index is 5.78. The van der Waals surface area contributed by atoms with Gasteiger partial charge in [0.25, 0.3) is 5.89 Å². The third-order valence-electron chi connectivity index (χ3n) is 3.08. The van der Waals surface area contributed by atoms with Crippen LogP contribution in [0.4, 0.5) is 0 Å². The number of aryl methyl sites for hydroxylation is 1. The molecule has 2 rings (SSSR count). The van der Waals surface area contributed by atoms with Crippen molar-refractivity contribution in [2.24, 2.45) is 0 Å². The monoisotopic (exact) mass is 263 g/mol. The molecule has 19 heavy (non-hydrogen) atoms. The van der Waals surface area contributed by atoms with Gasteiger partial charge in [-0.1, -0.05) is 20.8 Å². The standard InChI is InChI=1S/C14H21N3O2/c1-4-8-15-11(5-2)14-17-16-13(19-14)10-7-9-18-12(10)6-3/h7,9,11,15H,4-6,8H2,1-3H3. The Morgan fingerprint density at radius 2 is 2.11 bits per heavy atom. The first-order valence-corrected chi connectivity index (χ1v) is 6.93. The van der Waals surface area contributed by atoms with E-state index >= 15 is 0 Å². The Labute approximate surface area is 113 Å². The maximum atomic E-state index is 5.78. The molecule has 2 aromatic rings. The lowest BCUT2D eigenvalue weighted by Crippen LogP contribution is -2.21. The smallest absolute Gasteiger partial charge is 0.251 e. The minimum atomic E-state index is 0.123. The van der Waals surface area contributed by atoms with Gasteiger partial charge in [0.2, 0.25) is 5.89 Å². The molecule has 5 heteroatoms. The zero-order valence-electron chi connectivity index (χ0n) is 11.8. The zero-order chi connectivity index (χ0) is 13.7. The molecule has 0 spiro atoms. The molecule has 0 saturated carbocycles. The van der Waals surface area contributed by atoms with Gasteiger partial charge in [-0.3, -0.25) is 0 Å². The number of hydrogen-bond acceptors (Lipinski definition) is 5. The van der Waals surface area contributed by atoms with Crippen LogP contribution in [-0.4, -0.2) is 16.7 Å². The largest absolute Gasteiger partial charge is 0.469 e. The first kappa shape index (κ1) is 13.8. The average Bonchev–Trinajstić information content (AvgIpc) is 3.07. The molecule has 5 nitrogen and oxygen atoms in total. The fourth-order valence-corrected chi connectivity index (χ4v) is 2.01. The highest BCUT2D eigenvalue weighted by molar-refractivity contribution is 5.54. The van der Waals surface area contributed by atoms with E-state index in [0.29, 0.717) is 11.8 Å². The summed E-state index contributed by atoms with van der Waals surface area (Å²) in [5.74, 6) is 2.07. The summed E-state index contributed by atoms with van der Waals surface area (Å²) in [6.45, 7) is 7.23. The highest BCUT2D eigenvalue weighted by Gasteiger charge is 2.19. The van der Waals surface area contributed by atoms with Gasteiger partial charge in [0.05, 0.1) is 17.9 Å². The Morgan fingerprint density at radius 3 is 2.79 bits per heavy atom. The minimum absolute atomic E-state index is 0.123. The van der Waals surface area contributed by atoms with E-state index in [-0.39, 0.29) is 6.04 Å². The van der Waals surface area contributed by atoms with Gasteiger partial charge < -0.3 is 14.2 Å². The summed E-state index contributed by atoms with van der Waals surface area (Å²) in [5, 5.41) is 11.7. The van der Waals surface area contributed by atoms with Crippen LogP contribution in [0.25, 0.3) is 11.5 Å². The lowest BCUT2D eigenvalue weighted by atomic mass is 10.2. The molecule has 0 fully saturated rings. The molecule has 1 N–H and O–H groups in total. The molecule has 0 amide bonds. The average molecular weight is 263 g/mol. The molecule has 0 aliphatic heterocycles. The molecule has 0 aliphatic carbocycles. The van der Waals surface area contributed by atoms with Gasteiger partial charge in [-0.15, -0.1) is 10.2 Å². The number of furan rings is 1. The van der Waals surface area contributed by atoms with Crippen molar-refractivity contribution >= 4 is 0 Å². The van der Waals surface area contributed by atoms with Crippen LogP contribution in [0.5, 0.6) is 0 Å². The quantitative estimate of drug-likeness (QED) is 0.830. The molecule has 1 atom stereocenters. The second-order valence-electron chi connectivity index (χ2n) is 4.47. The number of aromatic nitrogens is 2. The summed E-state index contributed by atoms with van der Waals surface area (Å²) in [6.07, 6.45) is 4.48. The van der Waals surface area contributed by atoms with E-state index in [4.69, 9.17) is 8.83 Å². The number of rotatable bonds is 7. The lowest BCUT2D eigenvalue weighted by Gasteiger charge is -2.11. The molecule has 0 aromatic carbocycles. The molecule has 0 saturated heterocycles. The zero-order valence-corrected chi connectivity index (χ0v) is 11.8. The molecule has 2 aromatic heterocycles. The second kappa shape index (κ2) is 6.52. The molecular weight excluding hydrogens is 242 g/mol. The Morgan fingerprint density at radius 1 is 1.26 bits per heavy atom. The summed E-state index contributed by atoms with van der Waals surface area (Å²) < 4.78 is 11.2. The molecule has 0 radical (unpaired) electrons. The summed E-state index contributed by atoms with van der Waals surface area (Å²) in [6, 6.07) is 1.99. The van der Waals surface area contributed by atoms with E-state index in [1.165, 1.54) is 0 Å². The molecule has 104 valence electrons. The summed E-state index contributed by atoms with van der Waals surface area (Å²) in [7, 11) is 0. The van der Waals surface area contributed by atoms with E-state index in [0.717, 1.165) is 37.1 Å². The van der Waals surface area contributed by atoms with Crippen LogP contribution < -0.4 is 5.32 Å². The van der Waals surface area contributed by atoms with Crippen LogP contribution in [0.15, 0.2) is 21.2 Å². The van der Waals surface area contributed by atoms with Gasteiger partial charge in [-0.05, 0) is 25.5 Å². The number of hydrogen-bond donors (Lipinski definition) is 1. The van der Waals surface area contributed by atoms with E-state index < -0.39 is 0 Å². The van der Waals surface area contributed by atoms with Gasteiger partial charge in [0.15, 0.2) is 0 Å². The first-order valence-electron chi connectivity index (χ1n) is 6.93. The lowest BCUT2D eigenvalue weighted by molar-refractivity contribution is 0.395. The van der Waals surface area contributed by atoms with Crippen molar-refractivity contribution in [3.05, 3.63) is 24.0 Å². The van der Waals surface area contributed by atoms with Crippen LogP contribution in [0.2, 0.25) is 0 Å². The Bertz CT molecular complexity index is 504. The van der Waals surface area contributed by atoms with Gasteiger partial charge in [-0.2, -0.15) is 0 Å². The van der Waals surface area contributed by atoms with E-state index in [2.05, 4.69) is 29.4 Å². The summed E-state index contributed by atoms with van der Waals surface area (Å²) in [4.78, 5) is 0. The Kier molecular flexibility index (Phi) is 4.74. The highest BCUT2D eigenvalue weighted by Crippen LogP contribution is 2.26. The molecule has 2 heterocycles. The molecule has 0 bridgehead atoms. The van der Waals surface area contributed by atoms with Crippen molar-refractivity contribution in [2.45, 2.75) is 46.1 Å². The van der Waals surface area contributed by atoms with Gasteiger partial charge in [0, 0.05) is 6.42 Å². The van der Waals surface area contributed by atoms with Gasteiger partial charge in [0.1, 0.15) is 5.76 Å². The fourth-order valence-electron chi connectivity index (χ4n) is 2.01. The van der Waals surface area contributed by atoms with Crippen LogP contribution in [0.3, 0.4) is 0 Å². The van der Waals surface area contributed by atoms with Crippen LogP contribution in [0, 0.1) is 0 Å². The fraction of sp³-hybridized carbons (Fsp3) is 0.571. The summed E-state index contributed by atoms with van der Waals surface area (Å²) >= 11 is 0. The van der Waals surface area contributed by atoms with Crippen LogP contribution in [-0.2, 0) is 6.42 Å². The first-order chi connectivity index (χ1) is 9.30. The van der Waals surface area contributed by atoms with Crippen LogP contribution >= 0.6 is 0 Å². The molecule has 0 aliphatic rings. The topological polar surface area (TPSA) is 64.1 Å². The van der Waals surface area contributed by atoms with Crippen molar-refractivity contribution in [3.63, 3.8) is 0 Å². The van der Waals surface area contributed by atoms with E-state index in [1.807, 2.05) is 13.0 Å². The Hall–Kier alpha value is -1.62. The maximum Gasteiger partial charge on any atom is 0.251 e. The van der Waals surface area contributed by atoms with Crippen molar-refractivity contribution in [1.82, 2.24) is 15.5 Å². The second-order valence-corrected chi connectivity index (χ2v) is 4.47. The number of nitrogens with one attached hydrogen (secondary N) is 1. The Balaban J connectivity index is 2.18. The SMILES string of the molecule is CCCNC(CC)c1nnc(-c2ccoc2CC)o1. The number of nitrogens with zero attached hydrogens (tertiary/aromatic N) is 2. The van der Waals surface area contributed by atoms with Gasteiger partial charge >= 0.3 is 0 Å². The van der Waals surface area contributed by atoms with Crippen molar-refractivity contribution in [3.8, 4) is 11.5 Å². The minimum Gasteiger partial charge on any atom is -0.469 e. The van der Waals surface area contributed by atoms with E-state index in [9.17, 15) is 0 Å². The van der Waals surface area contributed by atoms with Crippen molar-refractivity contribution < 1.29 is 8.83 Å². The van der Waals surface area contributed by atoms with Crippen molar-refractivity contribution in [2.75, 3.05) is 6.54 Å². The normalized spacial score (nSPS) is 12.8. The van der Waals surface area contributed by atoms with E-state index in [1.54, 1.807) is 6.26 Å². The summed E-state index contributed by atoms with van der Waals surface area (Å²) in [5.41, 5.74) is 0.895. The molecule has 1 unspecified atom stereocenters.